The molecular formula is C40H46N6O2. The van der Waals surface area contributed by atoms with Crippen molar-refractivity contribution in [3.8, 4) is 23.7 Å². The molecule has 2 aromatic heterocycles. The van der Waals surface area contributed by atoms with Gasteiger partial charge in [-0.15, -0.1) is 0 Å². The Morgan fingerprint density at radius 1 is 0.521 bits per heavy atom. The van der Waals surface area contributed by atoms with E-state index in [1.165, 1.54) is 0 Å². The lowest BCUT2D eigenvalue weighted by atomic mass is 9.73. The molecule has 48 heavy (non-hydrogen) atoms. The molecule has 0 saturated heterocycles. The monoisotopic (exact) mass is 642 g/mol. The van der Waals surface area contributed by atoms with Gasteiger partial charge in [-0.3, -0.25) is 0 Å². The van der Waals surface area contributed by atoms with Crippen LogP contribution in [0.4, 0.5) is 11.9 Å². The van der Waals surface area contributed by atoms with Crippen LogP contribution in [-0.4, -0.2) is 54.4 Å². The van der Waals surface area contributed by atoms with Gasteiger partial charge in [0.2, 0.25) is 11.9 Å². The molecule has 4 aromatic rings. The van der Waals surface area contributed by atoms with Gasteiger partial charge in [0.05, 0.1) is 23.3 Å². The molecule has 2 aromatic carbocycles. The summed E-state index contributed by atoms with van der Waals surface area (Å²) >= 11 is 0. The van der Waals surface area contributed by atoms with Gasteiger partial charge in [0.1, 0.15) is 0 Å². The highest BCUT2D eigenvalue weighted by molar-refractivity contribution is 5.43. The van der Waals surface area contributed by atoms with Crippen molar-refractivity contribution in [1.29, 1.82) is 0 Å². The first kappa shape index (κ1) is 34.6. The molecule has 2 aliphatic carbocycles. The molecule has 0 radical (unpaired) electrons. The maximum Gasteiger partial charge on any atom is 0.222 e. The summed E-state index contributed by atoms with van der Waals surface area (Å²) in [6.07, 6.45) is 11.8. The number of aliphatic hydroxyl groups is 2. The smallest absolute Gasteiger partial charge is 0.222 e. The van der Waals surface area contributed by atoms with Gasteiger partial charge in [0, 0.05) is 48.0 Å². The fourth-order valence-corrected chi connectivity index (χ4v) is 6.12. The Bertz CT molecular complexity index is 1590. The molecule has 248 valence electrons. The van der Waals surface area contributed by atoms with E-state index < -0.39 is 0 Å². The van der Waals surface area contributed by atoms with Gasteiger partial charge in [0.15, 0.2) is 0 Å². The number of anilines is 2. The van der Waals surface area contributed by atoms with Crippen LogP contribution < -0.4 is 10.6 Å². The first-order valence-electron chi connectivity index (χ1n) is 16.7. The van der Waals surface area contributed by atoms with Gasteiger partial charge in [-0.2, -0.15) is 0 Å². The molecule has 0 aliphatic heterocycles. The third-order valence-electron chi connectivity index (χ3n) is 9.15. The highest BCUT2D eigenvalue weighted by atomic mass is 16.3. The summed E-state index contributed by atoms with van der Waals surface area (Å²) in [6.45, 7) is 8.42. The van der Waals surface area contributed by atoms with Gasteiger partial charge in [0.25, 0.3) is 0 Å². The minimum atomic E-state index is -0.230. The molecule has 0 amide bonds. The van der Waals surface area contributed by atoms with Crippen molar-refractivity contribution in [3.63, 3.8) is 0 Å². The number of nitrogens with zero attached hydrogens (tertiary/aromatic N) is 4. The topological polar surface area (TPSA) is 116 Å². The number of rotatable bonds is 4. The summed E-state index contributed by atoms with van der Waals surface area (Å²) in [5.74, 6) is 13.6. The molecular weight excluding hydrogens is 596 g/mol. The first-order valence-corrected chi connectivity index (χ1v) is 16.7. The zero-order chi connectivity index (χ0) is 34.0. The van der Waals surface area contributed by atoms with Crippen LogP contribution in [0.3, 0.4) is 0 Å². The second-order valence-corrected chi connectivity index (χ2v) is 14.1. The molecule has 6 rings (SSSR count). The molecule has 4 N–H and O–H groups in total. The van der Waals surface area contributed by atoms with Crippen molar-refractivity contribution in [1.82, 2.24) is 19.9 Å². The third-order valence-corrected chi connectivity index (χ3v) is 9.15. The Kier molecular flexibility index (Phi) is 11.4. The number of aromatic nitrogens is 4. The van der Waals surface area contributed by atoms with E-state index in [1.807, 2.05) is 60.7 Å². The zero-order valence-electron chi connectivity index (χ0n) is 28.3. The van der Waals surface area contributed by atoms with Gasteiger partial charge in [-0.25, -0.2) is 19.9 Å². The van der Waals surface area contributed by atoms with E-state index in [9.17, 15) is 10.2 Å². The van der Waals surface area contributed by atoms with Crippen molar-refractivity contribution in [2.24, 2.45) is 10.8 Å². The minimum Gasteiger partial charge on any atom is -0.393 e. The molecule has 0 spiro atoms. The Balaban J connectivity index is 0.000000188. The fraction of sp³-hybridized carbons (Fsp3) is 0.400. The van der Waals surface area contributed by atoms with Crippen LogP contribution in [0.15, 0.2) is 85.5 Å². The van der Waals surface area contributed by atoms with E-state index in [-0.39, 0.29) is 23.0 Å². The summed E-state index contributed by atoms with van der Waals surface area (Å²) in [6, 6.07) is 20.3. The van der Waals surface area contributed by atoms with Crippen LogP contribution in [0.1, 0.15) is 88.5 Å². The fourth-order valence-electron chi connectivity index (χ4n) is 6.12. The maximum atomic E-state index is 10.0. The molecule has 2 fully saturated rings. The van der Waals surface area contributed by atoms with E-state index in [0.717, 1.165) is 60.8 Å². The van der Waals surface area contributed by atoms with Crippen molar-refractivity contribution >= 4 is 11.9 Å². The highest BCUT2D eigenvalue weighted by Gasteiger charge is 2.36. The maximum absolute atomic E-state index is 10.0. The van der Waals surface area contributed by atoms with Crippen LogP contribution in [0.2, 0.25) is 0 Å². The zero-order valence-corrected chi connectivity index (χ0v) is 28.3. The third kappa shape index (κ3) is 10.1. The van der Waals surface area contributed by atoms with Crippen LogP contribution in [-0.2, 0) is 0 Å². The molecule has 0 bridgehead atoms. The number of benzene rings is 2. The van der Waals surface area contributed by atoms with Crippen LogP contribution in [0.5, 0.6) is 0 Å². The van der Waals surface area contributed by atoms with E-state index >= 15 is 0 Å². The Labute approximate surface area is 284 Å². The number of hydrogen-bond acceptors (Lipinski definition) is 8. The van der Waals surface area contributed by atoms with Crippen molar-refractivity contribution in [3.05, 3.63) is 108 Å². The normalized spacial score (nSPS) is 22.3. The summed E-state index contributed by atoms with van der Waals surface area (Å²) in [5.41, 5.74) is 3.39. The number of nitrogens with one attached hydrogen (secondary N) is 2. The van der Waals surface area contributed by atoms with E-state index in [4.69, 9.17) is 0 Å². The van der Waals surface area contributed by atoms with Gasteiger partial charge >= 0.3 is 0 Å². The van der Waals surface area contributed by atoms with E-state index in [0.29, 0.717) is 24.0 Å². The minimum absolute atomic E-state index is 0.0724. The SMILES string of the molecule is CC1(C)C[C@@H](Nc2ncc(C#Cc3ccccc3)cn2)CC[C@@H]1O.CC1(C)C[C@H](Nc2ncc(C#Cc3ccccc3)cn2)CC[C@H]1O. The second-order valence-electron chi connectivity index (χ2n) is 14.1. The standard InChI is InChI=1S/2C20H23N3O/c2*1-20(2)12-17(10-11-18(20)24)23-19-21-13-16(14-22-19)9-8-15-6-4-3-5-7-15/h2*3-7,13-14,17-18,24H,10-12H2,1-2H3,(H,21,22,23)/t2*17-,18-/m10/s1. The van der Waals surface area contributed by atoms with Crippen LogP contribution in [0.25, 0.3) is 0 Å². The average molecular weight is 643 g/mol. The average Bonchev–Trinajstić information content (AvgIpc) is 3.08. The first-order chi connectivity index (χ1) is 23.1. The van der Waals surface area contributed by atoms with Gasteiger partial charge < -0.3 is 20.8 Å². The Morgan fingerprint density at radius 3 is 1.19 bits per heavy atom. The lowest BCUT2D eigenvalue weighted by molar-refractivity contribution is 0.00920. The predicted octanol–water partition coefficient (Wildman–Crippen LogP) is 6.46. The number of aliphatic hydroxyl groups excluding tert-OH is 2. The molecule has 2 heterocycles. The lowest BCUT2D eigenvalue weighted by Gasteiger charge is -2.39. The number of hydrogen-bond donors (Lipinski definition) is 4. The van der Waals surface area contributed by atoms with E-state index in [1.54, 1.807) is 24.8 Å². The molecule has 2 saturated carbocycles. The van der Waals surface area contributed by atoms with Crippen molar-refractivity contribution in [2.75, 3.05) is 10.6 Å². The highest BCUT2D eigenvalue weighted by Crippen LogP contribution is 2.37. The summed E-state index contributed by atoms with van der Waals surface area (Å²) in [5, 5.41) is 26.8. The van der Waals surface area contributed by atoms with Crippen molar-refractivity contribution in [2.45, 2.75) is 90.5 Å². The molecule has 8 heteroatoms. The molecule has 4 atom stereocenters. The lowest BCUT2D eigenvalue weighted by Crippen LogP contribution is -2.41. The molecule has 2 aliphatic rings. The van der Waals surface area contributed by atoms with E-state index in [2.05, 4.69) is 81.9 Å². The van der Waals surface area contributed by atoms with Crippen LogP contribution in [0, 0.1) is 34.5 Å². The predicted molar refractivity (Wildman–Crippen MR) is 191 cm³/mol. The van der Waals surface area contributed by atoms with Crippen LogP contribution >= 0.6 is 0 Å². The van der Waals surface area contributed by atoms with Crippen molar-refractivity contribution < 1.29 is 10.2 Å². The second kappa shape index (κ2) is 15.9. The van der Waals surface area contributed by atoms with Gasteiger partial charge in [-0.05, 0) is 73.6 Å². The largest absolute Gasteiger partial charge is 0.393 e. The Morgan fingerprint density at radius 2 is 0.854 bits per heavy atom. The summed E-state index contributed by atoms with van der Waals surface area (Å²) in [7, 11) is 0. The summed E-state index contributed by atoms with van der Waals surface area (Å²) in [4.78, 5) is 17.5. The quantitative estimate of drug-likeness (QED) is 0.188. The molecule has 0 unspecified atom stereocenters. The summed E-state index contributed by atoms with van der Waals surface area (Å²) < 4.78 is 0. The van der Waals surface area contributed by atoms with Gasteiger partial charge in [-0.1, -0.05) is 87.8 Å². The Hall–Kier alpha value is -4.76. The molecule has 8 nitrogen and oxygen atoms in total.